The lowest BCUT2D eigenvalue weighted by molar-refractivity contribution is -0.138. The number of hydrogen-bond donors (Lipinski definition) is 2. The second kappa shape index (κ2) is 7.57. The third-order valence-electron chi connectivity index (χ3n) is 3.50. The number of nitrogens with one attached hydrogen (secondary N) is 1. The van der Waals surface area contributed by atoms with E-state index in [1.807, 2.05) is 13.8 Å². The summed E-state index contributed by atoms with van der Waals surface area (Å²) >= 11 is 1.22. The van der Waals surface area contributed by atoms with E-state index < -0.39 is 18.0 Å². The first-order valence-corrected chi connectivity index (χ1v) is 8.57. The molecule has 0 fully saturated rings. The fraction of sp³-hybridized carbons (Fsp3) is 0.500. The van der Waals surface area contributed by atoms with Gasteiger partial charge in [-0.05, 0) is 31.7 Å². The van der Waals surface area contributed by atoms with Gasteiger partial charge in [-0.1, -0.05) is 13.8 Å². The van der Waals surface area contributed by atoms with Crippen molar-refractivity contribution in [2.24, 2.45) is 5.92 Å². The Balaban J connectivity index is 2.44. The summed E-state index contributed by atoms with van der Waals surface area (Å²) in [6, 6.07) is -0.756. The molecule has 0 aliphatic carbocycles. The Morgan fingerprint density at radius 2 is 2.08 bits per heavy atom. The maximum atomic E-state index is 12.0. The lowest BCUT2D eigenvalue weighted by Crippen LogP contribution is -2.31. The number of hydrogen-bond acceptors (Lipinski definition) is 7. The van der Waals surface area contributed by atoms with Crippen LogP contribution in [0.3, 0.4) is 0 Å². The van der Waals surface area contributed by atoms with Crippen LogP contribution in [0.15, 0.2) is 6.33 Å². The van der Waals surface area contributed by atoms with Crippen LogP contribution in [0.25, 0.3) is 10.2 Å². The normalized spacial score (nSPS) is 12.4. The Morgan fingerprint density at radius 3 is 2.67 bits per heavy atom. The molecule has 0 saturated heterocycles. The average molecular weight is 351 g/mol. The lowest BCUT2D eigenvalue weighted by Gasteiger charge is -2.17. The second-order valence-corrected chi connectivity index (χ2v) is 6.84. The molecule has 0 spiro atoms. The monoisotopic (exact) mass is 351 g/mol. The van der Waals surface area contributed by atoms with Gasteiger partial charge in [0.05, 0.1) is 12.0 Å². The molecule has 0 amide bonds. The smallest absolute Gasteiger partial charge is 0.348 e. The standard InChI is InChI=1S/C16H21N3O4S/c1-5-23-16(22)12-9(4)11-13(17-7-18-14(11)24-12)19-10(15(20)21)6-8(2)3/h7-8,10H,5-6H2,1-4H3,(H,20,21)(H,17,18,19)/t10-/m0/s1. The number of aliphatic carboxylic acids is 1. The summed E-state index contributed by atoms with van der Waals surface area (Å²) in [7, 11) is 0. The van der Waals surface area contributed by atoms with Crippen molar-refractivity contribution in [1.82, 2.24) is 9.97 Å². The minimum Gasteiger partial charge on any atom is -0.480 e. The highest BCUT2D eigenvalue weighted by Gasteiger charge is 2.24. The van der Waals surface area contributed by atoms with Gasteiger partial charge in [0.1, 0.15) is 27.9 Å². The summed E-state index contributed by atoms with van der Waals surface area (Å²) in [6.07, 6.45) is 1.83. The molecule has 0 bridgehead atoms. The van der Waals surface area contributed by atoms with Crippen molar-refractivity contribution >= 4 is 39.3 Å². The van der Waals surface area contributed by atoms with E-state index >= 15 is 0 Å². The summed E-state index contributed by atoms with van der Waals surface area (Å²) in [6.45, 7) is 7.75. The quantitative estimate of drug-likeness (QED) is 0.739. The molecule has 8 heteroatoms. The molecule has 0 aromatic carbocycles. The fourth-order valence-electron chi connectivity index (χ4n) is 2.43. The molecule has 0 unspecified atom stereocenters. The maximum Gasteiger partial charge on any atom is 0.348 e. The number of rotatable bonds is 7. The zero-order valence-electron chi connectivity index (χ0n) is 14.1. The molecule has 0 saturated carbocycles. The molecule has 1 atom stereocenters. The van der Waals surface area contributed by atoms with E-state index in [2.05, 4.69) is 15.3 Å². The van der Waals surface area contributed by atoms with E-state index in [-0.39, 0.29) is 5.92 Å². The molecule has 0 aliphatic heterocycles. The Bertz CT molecular complexity index is 757. The van der Waals surface area contributed by atoms with Crippen LogP contribution in [0.4, 0.5) is 5.82 Å². The van der Waals surface area contributed by atoms with Crippen molar-refractivity contribution in [3.05, 3.63) is 16.8 Å². The van der Waals surface area contributed by atoms with Crippen LogP contribution in [0.5, 0.6) is 0 Å². The summed E-state index contributed by atoms with van der Waals surface area (Å²) in [4.78, 5) is 33.0. The molecule has 2 aromatic rings. The van der Waals surface area contributed by atoms with Crippen molar-refractivity contribution in [2.75, 3.05) is 11.9 Å². The third-order valence-corrected chi connectivity index (χ3v) is 4.68. The minimum absolute atomic E-state index is 0.217. The molecule has 0 aliphatic rings. The van der Waals surface area contributed by atoms with E-state index in [0.29, 0.717) is 39.5 Å². The predicted octanol–water partition coefficient (Wildman–Crippen LogP) is 3.09. The van der Waals surface area contributed by atoms with Crippen LogP contribution in [0.2, 0.25) is 0 Å². The van der Waals surface area contributed by atoms with Crippen LogP contribution < -0.4 is 5.32 Å². The van der Waals surface area contributed by atoms with Gasteiger partial charge >= 0.3 is 11.9 Å². The average Bonchev–Trinajstić information content (AvgIpc) is 2.84. The number of anilines is 1. The van der Waals surface area contributed by atoms with Gasteiger partial charge in [0, 0.05) is 0 Å². The number of nitrogens with zero attached hydrogens (tertiary/aromatic N) is 2. The number of fused-ring (bicyclic) bond motifs is 1. The first-order chi connectivity index (χ1) is 11.3. The van der Waals surface area contributed by atoms with E-state index in [1.165, 1.54) is 17.7 Å². The molecule has 2 aromatic heterocycles. The van der Waals surface area contributed by atoms with Crippen LogP contribution in [-0.2, 0) is 9.53 Å². The largest absolute Gasteiger partial charge is 0.480 e. The van der Waals surface area contributed by atoms with Crippen molar-refractivity contribution in [3.8, 4) is 0 Å². The molecule has 0 radical (unpaired) electrons. The van der Waals surface area contributed by atoms with Crippen LogP contribution in [0, 0.1) is 12.8 Å². The topological polar surface area (TPSA) is 101 Å². The highest BCUT2D eigenvalue weighted by Crippen LogP contribution is 2.34. The summed E-state index contributed by atoms with van der Waals surface area (Å²) in [5.41, 5.74) is 0.699. The summed E-state index contributed by atoms with van der Waals surface area (Å²) in [5, 5.41) is 13.1. The summed E-state index contributed by atoms with van der Waals surface area (Å²) < 4.78 is 5.06. The number of aromatic nitrogens is 2. The number of esters is 1. The molecule has 7 nitrogen and oxygen atoms in total. The molecular weight excluding hydrogens is 330 g/mol. The SMILES string of the molecule is CCOC(=O)c1sc2ncnc(N[C@@H](CC(C)C)C(=O)O)c2c1C. The zero-order chi connectivity index (χ0) is 17.9. The number of carboxylic acid groups (broad SMARTS) is 1. The van der Waals surface area contributed by atoms with Gasteiger partial charge < -0.3 is 15.2 Å². The number of carbonyl (C=O) groups excluding carboxylic acids is 1. The van der Waals surface area contributed by atoms with Crippen molar-refractivity contribution in [3.63, 3.8) is 0 Å². The number of carboxylic acids is 1. The highest BCUT2D eigenvalue weighted by molar-refractivity contribution is 7.20. The third kappa shape index (κ3) is 3.81. The van der Waals surface area contributed by atoms with Crippen LogP contribution >= 0.6 is 11.3 Å². The van der Waals surface area contributed by atoms with Crippen molar-refractivity contribution in [2.45, 2.75) is 40.2 Å². The van der Waals surface area contributed by atoms with Gasteiger partial charge in [0.25, 0.3) is 0 Å². The first-order valence-electron chi connectivity index (χ1n) is 7.75. The molecule has 24 heavy (non-hydrogen) atoms. The Hall–Kier alpha value is -2.22. The first kappa shape index (κ1) is 18.1. The van der Waals surface area contributed by atoms with Gasteiger partial charge in [0.2, 0.25) is 0 Å². The van der Waals surface area contributed by atoms with E-state index in [9.17, 15) is 14.7 Å². The minimum atomic E-state index is -0.936. The van der Waals surface area contributed by atoms with Gasteiger partial charge in [-0.15, -0.1) is 11.3 Å². The summed E-state index contributed by atoms with van der Waals surface area (Å²) in [5.74, 6) is -0.693. The number of thiophene rings is 1. The van der Waals surface area contributed by atoms with Gasteiger partial charge in [-0.3, -0.25) is 0 Å². The van der Waals surface area contributed by atoms with Crippen LogP contribution in [-0.4, -0.2) is 39.7 Å². The van der Waals surface area contributed by atoms with E-state index in [0.717, 1.165) is 0 Å². The second-order valence-electron chi connectivity index (χ2n) is 5.84. The molecule has 2 rings (SSSR count). The molecule has 2 heterocycles. The van der Waals surface area contributed by atoms with Crippen molar-refractivity contribution < 1.29 is 19.4 Å². The lowest BCUT2D eigenvalue weighted by atomic mass is 10.0. The predicted molar refractivity (Wildman–Crippen MR) is 92.6 cm³/mol. The number of carbonyl (C=O) groups is 2. The number of ether oxygens (including phenoxy) is 1. The van der Waals surface area contributed by atoms with E-state index in [1.54, 1.807) is 13.8 Å². The van der Waals surface area contributed by atoms with Gasteiger partial charge in [-0.2, -0.15) is 0 Å². The highest BCUT2D eigenvalue weighted by atomic mass is 32.1. The van der Waals surface area contributed by atoms with Gasteiger partial charge in [-0.25, -0.2) is 19.6 Å². The Labute approximate surface area is 144 Å². The van der Waals surface area contributed by atoms with Crippen LogP contribution in [0.1, 0.15) is 42.4 Å². The molecular formula is C16H21N3O4S. The maximum absolute atomic E-state index is 12.0. The molecule has 2 N–H and O–H groups in total. The Kier molecular flexibility index (Phi) is 5.71. The molecule has 130 valence electrons. The van der Waals surface area contributed by atoms with E-state index in [4.69, 9.17) is 4.74 Å². The van der Waals surface area contributed by atoms with Crippen molar-refractivity contribution in [1.29, 1.82) is 0 Å². The van der Waals surface area contributed by atoms with Gasteiger partial charge in [0.15, 0.2) is 0 Å². The fourth-order valence-corrected chi connectivity index (χ4v) is 3.47. The number of aryl methyl sites for hydroxylation is 1. The zero-order valence-corrected chi connectivity index (χ0v) is 14.9. The Morgan fingerprint density at radius 1 is 1.38 bits per heavy atom.